The Morgan fingerprint density at radius 2 is 1.82 bits per heavy atom. The van der Waals surface area contributed by atoms with Gasteiger partial charge in [-0.1, -0.05) is 46.3 Å². The summed E-state index contributed by atoms with van der Waals surface area (Å²) in [6.45, 7) is 1.36. The molecule has 0 aliphatic heterocycles. The van der Waals surface area contributed by atoms with E-state index in [1.165, 1.54) is 5.56 Å². The standard InChI is InChI=1S/C17H16BrN3O/c1-21(10-12-6-2-4-8-14(12)18)11-16-19-15-9-5-3-7-13(15)17(22)20-16/h2-9H,10-11H2,1H3,(H,19,20,22). The molecule has 0 amide bonds. The molecule has 0 unspecified atom stereocenters. The van der Waals surface area contributed by atoms with Gasteiger partial charge in [0.1, 0.15) is 5.82 Å². The third kappa shape index (κ3) is 3.26. The molecule has 22 heavy (non-hydrogen) atoms. The zero-order chi connectivity index (χ0) is 15.5. The van der Waals surface area contributed by atoms with E-state index < -0.39 is 0 Å². The number of aromatic nitrogens is 2. The predicted molar refractivity (Wildman–Crippen MR) is 91.7 cm³/mol. The lowest BCUT2D eigenvalue weighted by Gasteiger charge is -2.17. The number of nitrogens with zero attached hydrogens (tertiary/aromatic N) is 2. The van der Waals surface area contributed by atoms with E-state index in [1.54, 1.807) is 6.07 Å². The molecule has 1 aromatic heterocycles. The topological polar surface area (TPSA) is 49.0 Å². The zero-order valence-electron chi connectivity index (χ0n) is 12.2. The van der Waals surface area contributed by atoms with Crippen LogP contribution < -0.4 is 5.56 Å². The van der Waals surface area contributed by atoms with Gasteiger partial charge in [0.05, 0.1) is 17.4 Å². The van der Waals surface area contributed by atoms with E-state index in [0.717, 1.165) is 16.5 Å². The van der Waals surface area contributed by atoms with Gasteiger partial charge in [-0.3, -0.25) is 9.69 Å². The second kappa shape index (κ2) is 6.42. The fourth-order valence-corrected chi connectivity index (χ4v) is 2.85. The largest absolute Gasteiger partial charge is 0.309 e. The van der Waals surface area contributed by atoms with Gasteiger partial charge < -0.3 is 4.98 Å². The average molecular weight is 358 g/mol. The first-order chi connectivity index (χ1) is 10.6. The molecular weight excluding hydrogens is 342 g/mol. The van der Waals surface area contributed by atoms with Crippen LogP contribution in [0.25, 0.3) is 10.9 Å². The summed E-state index contributed by atoms with van der Waals surface area (Å²) >= 11 is 3.55. The molecule has 0 fully saturated rings. The maximum atomic E-state index is 12.1. The quantitative estimate of drug-likeness (QED) is 0.779. The molecule has 0 atom stereocenters. The molecule has 0 bridgehead atoms. The number of rotatable bonds is 4. The summed E-state index contributed by atoms with van der Waals surface area (Å²) < 4.78 is 1.09. The van der Waals surface area contributed by atoms with Crippen LogP contribution in [-0.4, -0.2) is 21.9 Å². The number of hydrogen-bond donors (Lipinski definition) is 1. The summed E-state index contributed by atoms with van der Waals surface area (Å²) in [5.41, 5.74) is 1.85. The molecule has 0 radical (unpaired) electrons. The van der Waals surface area contributed by atoms with E-state index in [-0.39, 0.29) is 5.56 Å². The number of nitrogens with one attached hydrogen (secondary N) is 1. The van der Waals surface area contributed by atoms with E-state index >= 15 is 0 Å². The van der Waals surface area contributed by atoms with Crippen molar-refractivity contribution < 1.29 is 0 Å². The Bertz CT molecular complexity index is 860. The number of benzene rings is 2. The second-order valence-electron chi connectivity index (χ2n) is 5.29. The van der Waals surface area contributed by atoms with Crippen molar-refractivity contribution in [2.24, 2.45) is 0 Å². The van der Waals surface area contributed by atoms with E-state index in [4.69, 9.17) is 0 Å². The number of fused-ring (bicyclic) bond motifs is 1. The Morgan fingerprint density at radius 1 is 1.09 bits per heavy atom. The lowest BCUT2D eigenvalue weighted by molar-refractivity contribution is 0.310. The van der Waals surface area contributed by atoms with Gasteiger partial charge >= 0.3 is 0 Å². The lowest BCUT2D eigenvalue weighted by Crippen LogP contribution is -2.22. The number of H-pyrrole nitrogens is 1. The van der Waals surface area contributed by atoms with Crippen molar-refractivity contribution in [3.05, 3.63) is 74.7 Å². The molecular formula is C17H16BrN3O. The van der Waals surface area contributed by atoms with Gasteiger partial charge in [0.25, 0.3) is 5.56 Å². The van der Waals surface area contributed by atoms with Gasteiger partial charge in [0, 0.05) is 11.0 Å². The minimum atomic E-state index is -0.0881. The Balaban J connectivity index is 1.81. The molecule has 1 heterocycles. The van der Waals surface area contributed by atoms with Crippen LogP contribution in [0.15, 0.2) is 57.8 Å². The molecule has 0 spiro atoms. The highest BCUT2D eigenvalue weighted by Crippen LogP contribution is 2.17. The number of halogens is 1. The van der Waals surface area contributed by atoms with Crippen molar-refractivity contribution in [1.29, 1.82) is 0 Å². The van der Waals surface area contributed by atoms with Gasteiger partial charge in [-0.2, -0.15) is 0 Å². The first-order valence-corrected chi connectivity index (χ1v) is 7.82. The molecule has 0 saturated heterocycles. The SMILES string of the molecule is CN(Cc1nc2ccccc2c(=O)[nH]1)Cc1ccccc1Br. The van der Waals surface area contributed by atoms with Crippen molar-refractivity contribution in [2.45, 2.75) is 13.1 Å². The highest BCUT2D eigenvalue weighted by atomic mass is 79.9. The van der Waals surface area contributed by atoms with Crippen LogP contribution in [-0.2, 0) is 13.1 Å². The van der Waals surface area contributed by atoms with Crippen molar-refractivity contribution in [1.82, 2.24) is 14.9 Å². The third-order valence-corrected chi connectivity index (χ3v) is 4.25. The summed E-state index contributed by atoms with van der Waals surface area (Å²) in [6.07, 6.45) is 0. The molecule has 0 saturated carbocycles. The molecule has 3 rings (SSSR count). The number of aromatic amines is 1. The van der Waals surface area contributed by atoms with Crippen LogP contribution in [0.3, 0.4) is 0 Å². The van der Waals surface area contributed by atoms with Crippen LogP contribution in [0, 0.1) is 0 Å². The zero-order valence-corrected chi connectivity index (χ0v) is 13.8. The molecule has 0 aliphatic carbocycles. The van der Waals surface area contributed by atoms with Crippen molar-refractivity contribution >= 4 is 26.8 Å². The van der Waals surface area contributed by atoms with E-state index in [9.17, 15) is 4.79 Å². The van der Waals surface area contributed by atoms with Gasteiger partial charge in [-0.15, -0.1) is 0 Å². The normalized spacial score (nSPS) is 11.2. The summed E-state index contributed by atoms with van der Waals surface area (Å²) in [6, 6.07) is 15.5. The highest BCUT2D eigenvalue weighted by Gasteiger charge is 2.08. The minimum Gasteiger partial charge on any atom is -0.309 e. The Hall–Kier alpha value is -1.98. The molecule has 1 N–H and O–H groups in total. The Kier molecular flexibility index (Phi) is 4.36. The van der Waals surface area contributed by atoms with Crippen molar-refractivity contribution in [3.8, 4) is 0 Å². The maximum Gasteiger partial charge on any atom is 0.258 e. The van der Waals surface area contributed by atoms with Crippen molar-refractivity contribution in [3.63, 3.8) is 0 Å². The molecule has 4 nitrogen and oxygen atoms in total. The average Bonchev–Trinajstić information content (AvgIpc) is 2.49. The van der Waals surface area contributed by atoms with Crippen LogP contribution in [0.5, 0.6) is 0 Å². The van der Waals surface area contributed by atoms with Crippen LogP contribution >= 0.6 is 15.9 Å². The molecule has 3 aromatic rings. The second-order valence-corrected chi connectivity index (χ2v) is 6.15. The first kappa shape index (κ1) is 14.9. The molecule has 5 heteroatoms. The summed E-state index contributed by atoms with van der Waals surface area (Å²) in [5.74, 6) is 0.679. The molecule has 2 aromatic carbocycles. The number of hydrogen-bond acceptors (Lipinski definition) is 3. The lowest BCUT2D eigenvalue weighted by atomic mass is 10.2. The summed E-state index contributed by atoms with van der Waals surface area (Å²) in [7, 11) is 2.01. The molecule has 0 aliphatic rings. The van der Waals surface area contributed by atoms with Crippen LogP contribution in [0.4, 0.5) is 0 Å². The number of para-hydroxylation sites is 1. The third-order valence-electron chi connectivity index (χ3n) is 3.48. The highest BCUT2D eigenvalue weighted by molar-refractivity contribution is 9.10. The molecule has 112 valence electrons. The summed E-state index contributed by atoms with van der Waals surface area (Å²) in [5, 5.41) is 0.625. The fraction of sp³-hybridized carbons (Fsp3) is 0.176. The predicted octanol–water partition coefficient (Wildman–Crippen LogP) is 3.32. The monoisotopic (exact) mass is 357 g/mol. The van der Waals surface area contributed by atoms with Gasteiger partial charge in [0.15, 0.2) is 0 Å². The van der Waals surface area contributed by atoms with E-state index in [1.807, 2.05) is 43.4 Å². The van der Waals surface area contributed by atoms with Gasteiger partial charge in [-0.05, 0) is 30.8 Å². The van der Waals surface area contributed by atoms with Crippen molar-refractivity contribution in [2.75, 3.05) is 7.05 Å². The van der Waals surface area contributed by atoms with E-state index in [2.05, 4.69) is 36.9 Å². The Morgan fingerprint density at radius 3 is 2.64 bits per heavy atom. The van der Waals surface area contributed by atoms with Crippen LogP contribution in [0.2, 0.25) is 0 Å². The fourth-order valence-electron chi connectivity index (χ4n) is 2.44. The van der Waals surface area contributed by atoms with Gasteiger partial charge in [0.2, 0.25) is 0 Å². The summed E-state index contributed by atoms with van der Waals surface area (Å²) in [4.78, 5) is 21.6. The Labute approximate surface area is 136 Å². The minimum absolute atomic E-state index is 0.0881. The van der Waals surface area contributed by atoms with E-state index in [0.29, 0.717) is 17.8 Å². The van der Waals surface area contributed by atoms with Crippen LogP contribution in [0.1, 0.15) is 11.4 Å². The maximum absolute atomic E-state index is 12.1. The van der Waals surface area contributed by atoms with Gasteiger partial charge in [-0.25, -0.2) is 4.98 Å². The first-order valence-electron chi connectivity index (χ1n) is 7.03. The smallest absolute Gasteiger partial charge is 0.258 e.